The van der Waals surface area contributed by atoms with Crippen LogP contribution in [0.25, 0.3) is 0 Å². The third-order valence-corrected chi connectivity index (χ3v) is 6.30. The number of carbonyl (C=O) groups is 1. The van der Waals surface area contributed by atoms with Gasteiger partial charge in [0.05, 0.1) is 18.2 Å². The highest BCUT2D eigenvalue weighted by atomic mass is 16.2. The van der Waals surface area contributed by atoms with Crippen LogP contribution in [-0.2, 0) is 24.2 Å². The third-order valence-electron chi connectivity index (χ3n) is 6.30. The molecule has 1 aromatic carbocycles. The molecule has 0 radical (unpaired) electrons. The maximum absolute atomic E-state index is 13.5. The second-order valence-corrected chi connectivity index (χ2v) is 9.04. The summed E-state index contributed by atoms with van der Waals surface area (Å²) in [7, 11) is 0. The van der Waals surface area contributed by atoms with E-state index in [2.05, 4.69) is 54.6 Å². The van der Waals surface area contributed by atoms with Crippen molar-refractivity contribution in [3.8, 4) is 0 Å². The monoisotopic (exact) mass is 379 g/mol. The van der Waals surface area contributed by atoms with E-state index >= 15 is 0 Å². The highest BCUT2D eigenvalue weighted by Gasteiger charge is 2.39. The number of aryl methyl sites for hydroxylation is 2. The van der Waals surface area contributed by atoms with E-state index in [-0.39, 0.29) is 11.9 Å². The van der Waals surface area contributed by atoms with Crippen LogP contribution in [0.1, 0.15) is 73.7 Å². The number of hydrogen-bond acceptors (Lipinski definition) is 2. The molecule has 1 heterocycles. The van der Waals surface area contributed by atoms with Gasteiger partial charge in [-0.1, -0.05) is 38.1 Å². The van der Waals surface area contributed by atoms with Crippen LogP contribution in [0.2, 0.25) is 0 Å². The molecule has 0 bridgehead atoms. The van der Waals surface area contributed by atoms with Crippen molar-refractivity contribution in [2.75, 3.05) is 0 Å². The molecule has 1 saturated carbocycles. The zero-order chi connectivity index (χ0) is 19.8. The Kier molecular flexibility index (Phi) is 5.31. The topological polar surface area (TPSA) is 38.1 Å². The molecule has 4 nitrogen and oxygen atoms in total. The van der Waals surface area contributed by atoms with Gasteiger partial charge in [0.2, 0.25) is 5.91 Å². The van der Waals surface area contributed by atoms with Crippen LogP contribution in [0.5, 0.6) is 0 Å². The number of fused-ring (bicyclic) bond motifs is 1. The first-order chi connectivity index (χ1) is 13.5. The Balaban J connectivity index is 1.59. The van der Waals surface area contributed by atoms with E-state index in [1.165, 1.54) is 17.5 Å². The van der Waals surface area contributed by atoms with E-state index in [0.29, 0.717) is 18.4 Å². The van der Waals surface area contributed by atoms with Crippen molar-refractivity contribution in [2.45, 2.75) is 84.8 Å². The van der Waals surface area contributed by atoms with E-state index in [1.54, 1.807) is 0 Å². The summed E-state index contributed by atoms with van der Waals surface area (Å²) in [6.45, 7) is 9.47. The molecule has 2 aliphatic carbocycles. The normalized spacial score (nSPS) is 19.0. The largest absolute Gasteiger partial charge is 0.332 e. The van der Waals surface area contributed by atoms with Crippen molar-refractivity contribution in [3.05, 3.63) is 52.3 Å². The predicted molar refractivity (Wildman–Crippen MR) is 112 cm³/mol. The Morgan fingerprint density at radius 1 is 1.21 bits per heavy atom. The molecule has 1 unspecified atom stereocenters. The average Bonchev–Trinajstić information content (AvgIpc) is 3.46. The maximum Gasteiger partial charge on any atom is 0.227 e. The van der Waals surface area contributed by atoms with Gasteiger partial charge in [0.1, 0.15) is 0 Å². The maximum atomic E-state index is 13.5. The first-order valence-corrected chi connectivity index (χ1v) is 10.9. The molecule has 28 heavy (non-hydrogen) atoms. The SMILES string of the molecule is Cc1nn(CC(C)C)c(C)c1CC(=O)N(C1CC1)C1CCCc2ccccc21. The summed E-state index contributed by atoms with van der Waals surface area (Å²) in [5.41, 5.74) is 6.08. The molecule has 0 saturated heterocycles. The van der Waals surface area contributed by atoms with Crippen molar-refractivity contribution in [1.29, 1.82) is 0 Å². The molecule has 1 atom stereocenters. The number of carbonyl (C=O) groups excluding carboxylic acids is 1. The van der Waals surface area contributed by atoms with E-state index in [9.17, 15) is 4.79 Å². The second kappa shape index (κ2) is 7.73. The zero-order valence-corrected chi connectivity index (χ0v) is 17.7. The molecule has 2 aliphatic rings. The molecule has 150 valence electrons. The van der Waals surface area contributed by atoms with E-state index in [0.717, 1.165) is 49.2 Å². The minimum atomic E-state index is 0.247. The fraction of sp³-hybridized carbons (Fsp3) is 0.583. The summed E-state index contributed by atoms with van der Waals surface area (Å²) < 4.78 is 2.08. The molecule has 4 rings (SSSR count). The van der Waals surface area contributed by atoms with Gasteiger partial charge in [0, 0.05) is 23.8 Å². The van der Waals surface area contributed by atoms with Gasteiger partial charge in [-0.15, -0.1) is 0 Å². The minimum absolute atomic E-state index is 0.247. The van der Waals surface area contributed by atoms with Crippen molar-refractivity contribution in [3.63, 3.8) is 0 Å². The van der Waals surface area contributed by atoms with Crippen molar-refractivity contribution in [2.24, 2.45) is 5.92 Å². The molecule has 0 spiro atoms. The summed E-state index contributed by atoms with van der Waals surface area (Å²) in [4.78, 5) is 15.8. The Morgan fingerprint density at radius 3 is 2.68 bits per heavy atom. The van der Waals surface area contributed by atoms with Gasteiger partial charge in [0.25, 0.3) is 0 Å². The molecular weight excluding hydrogens is 346 g/mol. The summed E-state index contributed by atoms with van der Waals surface area (Å²) in [6, 6.07) is 9.39. The van der Waals surface area contributed by atoms with E-state index < -0.39 is 0 Å². The number of amides is 1. The van der Waals surface area contributed by atoms with Crippen LogP contribution in [0.4, 0.5) is 0 Å². The number of nitrogens with zero attached hydrogens (tertiary/aromatic N) is 3. The highest BCUT2D eigenvalue weighted by Crippen LogP contribution is 2.41. The average molecular weight is 380 g/mol. The van der Waals surface area contributed by atoms with Crippen molar-refractivity contribution >= 4 is 5.91 Å². The van der Waals surface area contributed by atoms with Crippen molar-refractivity contribution < 1.29 is 4.79 Å². The van der Waals surface area contributed by atoms with Crippen LogP contribution >= 0.6 is 0 Å². The number of hydrogen-bond donors (Lipinski definition) is 0. The lowest BCUT2D eigenvalue weighted by molar-refractivity contribution is -0.134. The zero-order valence-electron chi connectivity index (χ0n) is 17.7. The number of benzene rings is 1. The standard InChI is InChI=1S/C24H33N3O/c1-16(2)15-26-18(4)22(17(3)25-26)14-24(28)27(20-12-13-20)23-11-7-9-19-8-5-6-10-21(19)23/h5-6,8,10,16,20,23H,7,9,11-15H2,1-4H3. The Hall–Kier alpha value is -2.10. The molecule has 0 aliphatic heterocycles. The highest BCUT2D eigenvalue weighted by molar-refractivity contribution is 5.80. The lowest BCUT2D eigenvalue weighted by Gasteiger charge is -2.36. The van der Waals surface area contributed by atoms with E-state index in [1.807, 2.05) is 6.92 Å². The minimum Gasteiger partial charge on any atom is -0.332 e. The summed E-state index contributed by atoms with van der Waals surface area (Å²) in [6.07, 6.45) is 6.17. The van der Waals surface area contributed by atoms with Gasteiger partial charge in [0.15, 0.2) is 0 Å². The molecule has 4 heteroatoms. The second-order valence-electron chi connectivity index (χ2n) is 9.04. The van der Waals surface area contributed by atoms with Gasteiger partial charge < -0.3 is 4.90 Å². The molecular formula is C24H33N3O. The Morgan fingerprint density at radius 2 is 1.96 bits per heavy atom. The summed E-state index contributed by atoms with van der Waals surface area (Å²) in [5.74, 6) is 0.822. The first-order valence-electron chi connectivity index (χ1n) is 10.9. The van der Waals surface area contributed by atoms with Crippen LogP contribution < -0.4 is 0 Å². The van der Waals surface area contributed by atoms with E-state index in [4.69, 9.17) is 5.10 Å². The lowest BCUT2D eigenvalue weighted by atomic mass is 9.86. The number of aromatic nitrogens is 2. The smallest absolute Gasteiger partial charge is 0.227 e. The van der Waals surface area contributed by atoms with Gasteiger partial charge >= 0.3 is 0 Å². The first kappa shape index (κ1) is 19.2. The Labute approximate surface area is 168 Å². The van der Waals surface area contributed by atoms with Crippen LogP contribution in [0, 0.1) is 19.8 Å². The quantitative estimate of drug-likeness (QED) is 0.725. The molecule has 1 aromatic heterocycles. The van der Waals surface area contributed by atoms with Crippen LogP contribution in [0.3, 0.4) is 0 Å². The Bertz CT molecular complexity index is 863. The molecule has 0 N–H and O–H groups in total. The fourth-order valence-corrected chi connectivity index (χ4v) is 4.76. The van der Waals surface area contributed by atoms with Crippen molar-refractivity contribution in [1.82, 2.24) is 14.7 Å². The van der Waals surface area contributed by atoms with Gasteiger partial charge in [-0.2, -0.15) is 5.10 Å². The summed E-state index contributed by atoms with van der Waals surface area (Å²) in [5, 5.41) is 4.72. The predicted octanol–water partition coefficient (Wildman–Crippen LogP) is 4.77. The molecule has 1 fully saturated rings. The van der Waals surface area contributed by atoms with Gasteiger partial charge in [-0.25, -0.2) is 0 Å². The lowest BCUT2D eigenvalue weighted by Crippen LogP contribution is -2.39. The molecule has 2 aromatic rings. The molecule has 1 amide bonds. The van der Waals surface area contributed by atoms with Gasteiger partial charge in [-0.05, 0) is 63.0 Å². The third kappa shape index (κ3) is 3.74. The van der Waals surface area contributed by atoms with Gasteiger partial charge in [-0.3, -0.25) is 9.48 Å². The summed E-state index contributed by atoms with van der Waals surface area (Å²) >= 11 is 0. The van der Waals surface area contributed by atoms with Crippen LogP contribution in [-0.4, -0.2) is 26.6 Å². The fourth-order valence-electron chi connectivity index (χ4n) is 4.76. The van der Waals surface area contributed by atoms with Crippen LogP contribution in [0.15, 0.2) is 24.3 Å². The number of rotatable bonds is 6.